The van der Waals surface area contributed by atoms with Gasteiger partial charge in [0, 0.05) is 27.1 Å². The van der Waals surface area contributed by atoms with Gasteiger partial charge in [0.25, 0.3) is 0 Å². The smallest absolute Gasteiger partial charge is 0.307 e. The third-order valence-electron chi connectivity index (χ3n) is 11.3. The van der Waals surface area contributed by atoms with Gasteiger partial charge in [-0.15, -0.1) is 0 Å². The van der Waals surface area contributed by atoms with Crippen LogP contribution in [0.2, 0.25) is 0 Å². The van der Waals surface area contributed by atoms with Gasteiger partial charge in [0.05, 0.1) is 73.9 Å². The number of nitrogens with zero attached hydrogens (tertiary/aromatic N) is 5. The molecule has 0 aliphatic carbocycles. The van der Waals surface area contributed by atoms with Gasteiger partial charge in [-0.2, -0.15) is 29.0 Å². The second-order valence-corrected chi connectivity index (χ2v) is 14.6. The molecular weight excluding hydrogens is 752 g/mol. The van der Waals surface area contributed by atoms with E-state index in [0.29, 0.717) is 22.5 Å². The van der Waals surface area contributed by atoms with E-state index >= 15 is 0 Å². The second-order valence-electron chi connectivity index (χ2n) is 14.6. The first kappa shape index (κ1) is 36.0. The van der Waals surface area contributed by atoms with Crippen molar-refractivity contribution in [2.75, 3.05) is 0 Å². The lowest BCUT2D eigenvalue weighted by Gasteiger charge is -2.21. The monoisotopic (exact) mass is 779 g/mol. The van der Waals surface area contributed by atoms with Crippen molar-refractivity contribution < 1.29 is 13.2 Å². The average Bonchev–Trinajstić information content (AvgIpc) is 3.80. The first-order valence-electron chi connectivity index (χ1n) is 19.1. The van der Waals surface area contributed by atoms with Gasteiger partial charge in [-0.3, -0.25) is 0 Å². The van der Waals surface area contributed by atoms with Gasteiger partial charge in [-0.1, -0.05) is 91.0 Å². The van der Waals surface area contributed by atoms with Crippen LogP contribution in [0.1, 0.15) is 22.3 Å². The first-order valence-corrected chi connectivity index (χ1v) is 19.1. The van der Waals surface area contributed by atoms with Crippen LogP contribution < -0.4 is 0 Å². The van der Waals surface area contributed by atoms with E-state index in [4.69, 9.17) is 0 Å². The minimum Gasteiger partial charge on any atom is -0.307 e. The number of aromatic nitrogens is 2. The standard InChI is InChI=1S/C52H28F3N5/c53-52(54,55)45-10-4-1-7-39(45)42-28-51(60-47-12-6-3-9-41(47)44-26-37(22-24-49(44)60)35-19-15-33(30-57)16-20-35)50(27-38(42)31-58)59-46-11-5-2-8-40(46)43-25-36(21-23-48(43)59)34-17-13-32(29-56)14-18-34/h1-28H. The first-order chi connectivity index (χ1) is 29.2. The lowest BCUT2D eigenvalue weighted by molar-refractivity contribution is -0.137. The highest BCUT2D eigenvalue weighted by Gasteiger charge is 2.34. The molecule has 10 rings (SSSR count). The van der Waals surface area contributed by atoms with Crippen LogP contribution in [0, 0.1) is 34.0 Å². The number of hydrogen-bond acceptors (Lipinski definition) is 3. The van der Waals surface area contributed by atoms with E-state index < -0.39 is 11.7 Å². The summed E-state index contributed by atoms with van der Waals surface area (Å²) >= 11 is 0. The number of benzene rings is 8. The second kappa shape index (κ2) is 13.9. The van der Waals surface area contributed by atoms with Crippen LogP contribution in [-0.2, 0) is 6.18 Å². The molecule has 10 aromatic rings. The normalized spacial score (nSPS) is 11.5. The summed E-state index contributed by atoms with van der Waals surface area (Å²) in [5, 5.41) is 33.3. The maximum Gasteiger partial charge on any atom is 0.417 e. The van der Waals surface area contributed by atoms with E-state index in [-0.39, 0.29) is 16.7 Å². The van der Waals surface area contributed by atoms with E-state index in [2.05, 4.69) is 39.5 Å². The molecule has 8 heteroatoms. The number of fused-ring (bicyclic) bond motifs is 6. The Morgan fingerprint density at radius 2 is 0.817 bits per heavy atom. The Balaban J connectivity index is 1.31. The number of halogens is 3. The summed E-state index contributed by atoms with van der Waals surface area (Å²) in [4.78, 5) is 0. The molecule has 2 heterocycles. The fourth-order valence-corrected chi connectivity index (χ4v) is 8.51. The van der Waals surface area contributed by atoms with E-state index in [0.717, 1.165) is 71.9 Å². The predicted octanol–water partition coefficient (Wildman–Crippen LogP) is 13.5. The van der Waals surface area contributed by atoms with Crippen molar-refractivity contribution in [3.8, 4) is 63.0 Å². The van der Waals surface area contributed by atoms with Crippen molar-refractivity contribution in [2.24, 2.45) is 0 Å². The van der Waals surface area contributed by atoms with Crippen LogP contribution in [0.5, 0.6) is 0 Å². The highest BCUT2D eigenvalue weighted by Crippen LogP contribution is 2.44. The van der Waals surface area contributed by atoms with Crippen LogP contribution in [0.25, 0.3) is 88.4 Å². The maximum absolute atomic E-state index is 14.7. The van der Waals surface area contributed by atoms with E-state index in [1.165, 1.54) is 12.1 Å². The summed E-state index contributed by atoms with van der Waals surface area (Å²) in [5.74, 6) is 0. The van der Waals surface area contributed by atoms with Crippen LogP contribution in [0.15, 0.2) is 170 Å². The van der Waals surface area contributed by atoms with Crippen molar-refractivity contribution in [3.63, 3.8) is 0 Å². The summed E-state index contributed by atoms with van der Waals surface area (Å²) in [6, 6.07) is 58.4. The topological polar surface area (TPSA) is 81.2 Å². The van der Waals surface area contributed by atoms with Crippen LogP contribution in [0.3, 0.4) is 0 Å². The molecule has 0 N–H and O–H groups in total. The highest BCUT2D eigenvalue weighted by atomic mass is 19.4. The molecule has 0 saturated heterocycles. The summed E-state index contributed by atoms with van der Waals surface area (Å²) in [6.07, 6.45) is -4.67. The Morgan fingerprint density at radius 3 is 1.30 bits per heavy atom. The fraction of sp³-hybridized carbons (Fsp3) is 0.0192. The molecule has 0 amide bonds. The van der Waals surface area contributed by atoms with Crippen LogP contribution in [0.4, 0.5) is 13.2 Å². The Morgan fingerprint density at radius 1 is 0.383 bits per heavy atom. The van der Waals surface area contributed by atoms with Gasteiger partial charge in [-0.05, 0) is 107 Å². The molecule has 0 atom stereocenters. The zero-order valence-electron chi connectivity index (χ0n) is 31.5. The minimum atomic E-state index is -4.67. The van der Waals surface area contributed by atoms with Gasteiger partial charge in [0.1, 0.15) is 0 Å². The average molecular weight is 780 g/mol. The van der Waals surface area contributed by atoms with E-state index in [9.17, 15) is 29.0 Å². The van der Waals surface area contributed by atoms with Gasteiger partial charge < -0.3 is 9.13 Å². The SMILES string of the molecule is N#Cc1ccc(-c2ccc3c(c2)c2ccccc2n3-c2cc(C#N)c(-c3ccccc3C(F)(F)F)cc2-n2c3ccccc3c3cc(-c4ccc(C#N)cc4)ccc32)cc1. The molecule has 0 saturated carbocycles. The third-order valence-corrected chi connectivity index (χ3v) is 11.3. The highest BCUT2D eigenvalue weighted by molar-refractivity contribution is 6.13. The summed E-state index contributed by atoms with van der Waals surface area (Å²) < 4.78 is 48.3. The number of para-hydroxylation sites is 2. The number of nitriles is 3. The Hall–Kier alpha value is -8.38. The molecule has 5 nitrogen and oxygen atoms in total. The van der Waals surface area contributed by atoms with Crippen molar-refractivity contribution in [3.05, 3.63) is 192 Å². The van der Waals surface area contributed by atoms with Gasteiger partial charge in [0.2, 0.25) is 0 Å². The molecule has 8 aromatic carbocycles. The molecule has 0 aliphatic heterocycles. The molecule has 282 valence electrons. The van der Waals surface area contributed by atoms with Crippen molar-refractivity contribution in [2.45, 2.75) is 6.18 Å². The molecule has 60 heavy (non-hydrogen) atoms. The fourth-order valence-electron chi connectivity index (χ4n) is 8.51. The third kappa shape index (κ3) is 5.77. The van der Waals surface area contributed by atoms with Crippen molar-refractivity contribution in [1.82, 2.24) is 9.13 Å². The van der Waals surface area contributed by atoms with Crippen molar-refractivity contribution >= 4 is 43.6 Å². The molecule has 0 radical (unpaired) electrons. The molecular formula is C52H28F3N5. The lowest BCUT2D eigenvalue weighted by atomic mass is 9.94. The number of hydrogen-bond donors (Lipinski definition) is 0. The maximum atomic E-state index is 14.7. The molecule has 0 aliphatic rings. The van der Waals surface area contributed by atoms with E-state index in [1.54, 1.807) is 42.5 Å². The van der Waals surface area contributed by atoms with Crippen molar-refractivity contribution in [1.29, 1.82) is 15.8 Å². The van der Waals surface area contributed by atoms with Crippen LogP contribution in [-0.4, -0.2) is 9.13 Å². The molecule has 0 fully saturated rings. The zero-order valence-corrected chi connectivity index (χ0v) is 31.5. The minimum absolute atomic E-state index is 0.0903. The molecule has 0 unspecified atom stereocenters. The molecule has 0 bridgehead atoms. The van der Waals surface area contributed by atoms with Gasteiger partial charge in [-0.25, -0.2) is 0 Å². The van der Waals surface area contributed by atoms with Gasteiger partial charge in [0.15, 0.2) is 0 Å². The zero-order chi connectivity index (χ0) is 41.1. The summed E-state index contributed by atoms with van der Waals surface area (Å²) in [6.45, 7) is 0. The summed E-state index contributed by atoms with van der Waals surface area (Å²) in [5.41, 5.74) is 8.74. The quantitative estimate of drug-likeness (QED) is 0.174. The predicted molar refractivity (Wildman–Crippen MR) is 231 cm³/mol. The number of rotatable bonds is 5. The van der Waals surface area contributed by atoms with E-state index in [1.807, 2.05) is 97.1 Å². The largest absolute Gasteiger partial charge is 0.417 e. The Labute approximate surface area is 341 Å². The Bertz CT molecular complexity index is 3500. The molecule has 2 aromatic heterocycles. The Kier molecular flexibility index (Phi) is 8.35. The number of alkyl halides is 3. The lowest BCUT2D eigenvalue weighted by Crippen LogP contribution is -2.09. The summed E-state index contributed by atoms with van der Waals surface area (Å²) in [7, 11) is 0. The van der Waals surface area contributed by atoms with Gasteiger partial charge >= 0.3 is 6.18 Å². The van der Waals surface area contributed by atoms with Crippen LogP contribution >= 0.6 is 0 Å². The molecule has 0 spiro atoms.